The number of amides is 3. The third-order valence-electron chi connectivity index (χ3n) is 11.0. The van der Waals surface area contributed by atoms with Crippen LogP contribution in [0.4, 0.5) is 0 Å². The van der Waals surface area contributed by atoms with Crippen molar-refractivity contribution in [2.45, 2.75) is 70.8 Å². The number of benzene rings is 2. The van der Waals surface area contributed by atoms with Crippen LogP contribution in [0, 0.1) is 35.5 Å². The van der Waals surface area contributed by atoms with E-state index in [2.05, 4.69) is 52.7 Å². The van der Waals surface area contributed by atoms with E-state index in [9.17, 15) is 14.4 Å². The molecule has 5 fully saturated rings. The molecule has 2 aromatic carbocycles. The molecule has 2 bridgehead atoms. The average molecular weight is 544 g/mol. The standard InChI is InChI=1S/C32H39N3O3.C2H6/c36-19-33-28-16-24-15-27(28)30-29(24)31(37)35(32(30)38)18-23-8-3-7-22(23)17-34-13-11-21(12-14-34)26-10-4-6-20-5-1-2-9-25(20)26;1-2/h1-2,4-6,9-10,19,21-24,27-30H,3,7-8,11-18H2,(H,33,36);1-2H3. The Morgan fingerprint density at radius 2 is 1.55 bits per heavy atom. The van der Waals surface area contributed by atoms with Crippen LogP contribution >= 0.6 is 0 Å². The van der Waals surface area contributed by atoms with Crippen molar-refractivity contribution < 1.29 is 14.4 Å². The number of nitrogens with one attached hydrogen (secondary N) is 1. The molecular formula is C34H45N3O3. The lowest BCUT2D eigenvalue weighted by Crippen LogP contribution is -2.42. The van der Waals surface area contributed by atoms with Crippen molar-refractivity contribution >= 4 is 29.0 Å². The van der Waals surface area contributed by atoms with Crippen molar-refractivity contribution in [3.63, 3.8) is 0 Å². The Bertz CT molecular complexity index is 1230. The van der Waals surface area contributed by atoms with Gasteiger partial charge in [-0.15, -0.1) is 0 Å². The van der Waals surface area contributed by atoms with Crippen molar-refractivity contribution in [3.05, 3.63) is 48.0 Å². The zero-order valence-electron chi connectivity index (χ0n) is 24.1. The van der Waals surface area contributed by atoms with E-state index in [-0.39, 0.29) is 41.5 Å². The second kappa shape index (κ2) is 11.6. The molecular weight excluding hydrogens is 498 g/mol. The molecule has 1 N–H and O–H groups in total. The first kappa shape index (κ1) is 27.4. The molecule has 7 unspecified atom stereocenters. The molecule has 2 heterocycles. The van der Waals surface area contributed by atoms with Gasteiger partial charge in [0.2, 0.25) is 18.2 Å². The Morgan fingerprint density at radius 1 is 0.850 bits per heavy atom. The fraction of sp³-hybridized carbons (Fsp3) is 0.618. The molecule has 214 valence electrons. The van der Waals surface area contributed by atoms with E-state index in [1.165, 1.54) is 42.0 Å². The summed E-state index contributed by atoms with van der Waals surface area (Å²) in [5, 5.41) is 5.65. The van der Waals surface area contributed by atoms with Gasteiger partial charge >= 0.3 is 0 Å². The molecule has 7 rings (SSSR count). The van der Waals surface area contributed by atoms with E-state index in [1.54, 1.807) is 4.90 Å². The molecule has 0 radical (unpaired) electrons. The molecule has 0 spiro atoms. The molecule has 6 nitrogen and oxygen atoms in total. The van der Waals surface area contributed by atoms with Gasteiger partial charge in [-0.25, -0.2) is 0 Å². The summed E-state index contributed by atoms with van der Waals surface area (Å²) in [5.74, 6) is 1.78. The summed E-state index contributed by atoms with van der Waals surface area (Å²) in [6.45, 7) is 7.94. The Morgan fingerprint density at radius 3 is 2.33 bits per heavy atom. The van der Waals surface area contributed by atoms with Gasteiger partial charge in [-0.2, -0.15) is 0 Å². The van der Waals surface area contributed by atoms with Crippen molar-refractivity contribution in [3.8, 4) is 0 Å². The Hall–Kier alpha value is -2.73. The molecule has 5 aliphatic rings. The normalized spacial score (nSPS) is 33.8. The van der Waals surface area contributed by atoms with Crippen LogP contribution in [0.2, 0.25) is 0 Å². The number of fused-ring (bicyclic) bond motifs is 6. The molecule has 40 heavy (non-hydrogen) atoms. The summed E-state index contributed by atoms with van der Waals surface area (Å²) >= 11 is 0. The zero-order chi connectivity index (χ0) is 27.8. The number of imide groups is 1. The molecule has 2 aromatic rings. The van der Waals surface area contributed by atoms with Gasteiger partial charge in [0.25, 0.3) is 0 Å². The van der Waals surface area contributed by atoms with Crippen molar-refractivity contribution in [1.82, 2.24) is 15.1 Å². The highest BCUT2D eigenvalue weighted by atomic mass is 16.2. The Kier molecular flexibility index (Phi) is 7.98. The van der Waals surface area contributed by atoms with Crippen LogP contribution < -0.4 is 5.32 Å². The van der Waals surface area contributed by atoms with Crippen molar-refractivity contribution in [1.29, 1.82) is 0 Å². The summed E-state index contributed by atoms with van der Waals surface area (Å²) < 4.78 is 0. The topological polar surface area (TPSA) is 69.7 Å². The Balaban J connectivity index is 0.00000142. The van der Waals surface area contributed by atoms with Crippen LogP contribution in [0.25, 0.3) is 10.8 Å². The van der Waals surface area contributed by atoms with Crippen LogP contribution in [0.15, 0.2) is 42.5 Å². The van der Waals surface area contributed by atoms with Crippen LogP contribution in [0.5, 0.6) is 0 Å². The maximum Gasteiger partial charge on any atom is 0.233 e. The zero-order valence-corrected chi connectivity index (χ0v) is 24.1. The number of piperidine rings is 1. The molecule has 7 atom stereocenters. The minimum Gasteiger partial charge on any atom is -0.356 e. The van der Waals surface area contributed by atoms with Crippen LogP contribution in [-0.4, -0.2) is 60.2 Å². The van der Waals surface area contributed by atoms with E-state index in [4.69, 9.17) is 0 Å². The first-order valence-corrected chi connectivity index (χ1v) is 15.9. The molecule has 2 saturated heterocycles. The third kappa shape index (κ3) is 4.76. The van der Waals surface area contributed by atoms with Crippen LogP contribution in [0.1, 0.15) is 70.3 Å². The first-order chi connectivity index (χ1) is 19.6. The number of nitrogens with zero attached hydrogens (tertiary/aromatic N) is 2. The van der Waals surface area contributed by atoms with Crippen LogP contribution in [-0.2, 0) is 14.4 Å². The van der Waals surface area contributed by atoms with E-state index >= 15 is 0 Å². The van der Waals surface area contributed by atoms with Gasteiger partial charge in [-0.3, -0.25) is 19.3 Å². The van der Waals surface area contributed by atoms with Crippen molar-refractivity contribution in [2.75, 3.05) is 26.2 Å². The maximum atomic E-state index is 13.5. The van der Waals surface area contributed by atoms with E-state index < -0.39 is 0 Å². The molecule has 3 amide bonds. The van der Waals surface area contributed by atoms with Crippen molar-refractivity contribution in [2.24, 2.45) is 35.5 Å². The van der Waals surface area contributed by atoms with E-state index in [0.717, 1.165) is 45.3 Å². The smallest absolute Gasteiger partial charge is 0.233 e. The fourth-order valence-electron chi connectivity index (χ4n) is 9.17. The van der Waals surface area contributed by atoms with Gasteiger partial charge in [-0.1, -0.05) is 62.7 Å². The molecule has 2 aliphatic heterocycles. The minimum absolute atomic E-state index is 0.0476. The van der Waals surface area contributed by atoms with Gasteiger partial charge in [0.15, 0.2) is 0 Å². The number of carbonyl (C=O) groups is 3. The average Bonchev–Trinajstić information content (AvgIpc) is 3.76. The van der Waals surface area contributed by atoms with E-state index in [1.807, 2.05) is 13.8 Å². The third-order valence-corrected chi connectivity index (χ3v) is 11.0. The predicted octanol–water partition coefficient (Wildman–Crippen LogP) is 5.22. The maximum absolute atomic E-state index is 13.5. The molecule has 3 saturated carbocycles. The second-order valence-corrected chi connectivity index (χ2v) is 12.7. The largest absolute Gasteiger partial charge is 0.356 e. The number of carbonyl (C=O) groups excluding carboxylic acids is 3. The number of hydrogen-bond donors (Lipinski definition) is 1. The van der Waals surface area contributed by atoms with Gasteiger partial charge in [0, 0.05) is 19.1 Å². The highest BCUT2D eigenvalue weighted by molar-refractivity contribution is 6.06. The first-order valence-electron chi connectivity index (χ1n) is 15.9. The lowest BCUT2D eigenvalue weighted by molar-refractivity contribution is -0.141. The second-order valence-electron chi connectivity index (χ2n) is 12.7. The summed E-state index contributed by atoms with van der Waals surface area (Å²) in [7, 11) is 0. The summed E-state index contributed by atoms with van der Waals surface area (Å²) in [6.07, 6.45) is 8.41. The molecule has 0 aromatic heterocycles. The van der Waals surface area contributed by atoms with Gasteiger partial charge < -0.3 is 10.2 Å². The van der Waals surface area contributed by atoms with Crippen LogP contribution in [0.3, 0.4) is 0 Å². The summed E-state index contributed by atoms with van der Waals surface area (Å²) in [6, 6.07) is 15.5. The fourth-order valence-corrected chi connectivity index (χ4v) is 9.17. The van der Waals surface area contributed by atoms with Gasteiger partial charge in [-0.05, 0) is 97.5 Å². The number of hydrogen-bond acceptors (Lipinski definition) is 4. The van der Waals surface area contributed by atoms with Gasteiger partial charge in [0.1, 0.15) is 0 Å². The SMILES string of the molecule is CC.O=CNC1CC2CC1C1C(=O)N(CC3CCCC3CN3CCC(c4cccc5ccccc45)CC3)C(=O)C21. The number of likely N-dealkylation sites (tertiary alicyclic amines) is 2. The Labute approximate surface area is 238 Å². The highest BCUT2D eigenvalue weighted by Gasteiger charge is 2.64. The number of rotatable bonds is 7. The van der Waals surface area contributed by atoms with Gasteiger partial charge in [0.05, 0.1) is 11.8 Å². The quantitative estimate of drug-likeness (QED) is 0.384. The summed E-state index contributed by atoms with van der Waals surface area (Å²) in [5.41, 5.74) is 1.50. The van der Waals surface area contributed by atoms with E-state index in [0.29, 0.717) is 24.3 Å². The molecule has 6 heteroatoms. The molecule has 3 aliphatic carbocycles. The lowest BCUT2D eigenvalue weighted by Gasteiger charge is -2.36. The highest BCUT2D eigenvalue weighted by Crippen LogP contribution is 2.56. The summed E-state index contributed by atoms with van der Waals surface area (Å²) in [4.78, 5) is 42.2. The predicted molar refractivity (Wildman–Crippen MR) is 157 cm³/mol. The monoisotopic (exact) mass is 543 g/mol. The minimum atomic E-state index is -0.202. The lowest BCUT2D eigenvalue weighted by atomic mass is 9.78.